The lowest BCUT2D eigenvalue weighted by molar-refractivity contribution is -0.0171. The summed E-state index contributed by atoms with van der Waals surface area (Å²) in [6.07, 6.45) is 1.09. The molecule has 0 aliphatic carbocycles. The van der Waals surface area contributed by atoms with Crippen LogP contribution in [0.25, 0.3) is 0 Å². The van der Waals surface area contributed by atoms with Gasteiger partial charge in [-0.2, -0.15) is 0 Å². The predicted molar refractivity (Wildman–Crippen MR) is 93.4 cm³/mol. The number of carbonyl (C=O) groups excluding carboxylic acids is 2. The molecule has 3 aliphatic heterocycles. The number of amides is 2. The Bertz CT molecular complexity index is 763. The minimum absolute atomic E-state index is 0.136. The molecule has 3 fully saturated rings. The molecule has 7 nitrogen and oxygen atoms in total. The third-order valence-corrected chi connectivity index (χ3v) is 5.63. The third-order valence-electron chi connectivity index (χ3n) is 5.63. The number of aliphatic hydroxyl groups is 1. The molecule has 2 amide bonds. The van der Waals surface area contributed by atoms with Crippen molar-refractivity contribution in [1.82, 2.24) is 14.8 Å². The SMILES string of the molecule is CC(C)(C)OC(=O)N1[C@@H]2C[C@@H]3C[C@H]1[C@@H]([C@@H]2O)N(C(=O)c1ccc(F)cn1)C3. The highest BCUT2D eigenvalue weighted by atomic mass is 19.1. The van der Waals surface area contributed by atoms with Crippen molar-refractivity contribution in [3.63, 3.8) is 0 Å². The summed E-state index contributed by atoms with van der Waals surface area (Å²) < 4.78 is 18.7. The van der Waals surface area contributed by atoms with E-state index in [1.54, 1.807) is 30.6 Å². The number of piperidine rings is 2. The summed E-state index contributed by atoms with van der Waals surface area (Å²) in [7, 11) is 0. The highest BCUT2D eigenvalue weighted by Gasteiger charge is 2.61. The molecule has 146 valence electrons. The van der Waals surface area contributed by atoms with E-state index in [9.17, 15) is 19.1 Å². The number of aliphatic hydroxyl groups excluding tert-OH is 1. The molecular formula is C19H24FN3O4. The lowest BCUT2D eigenvalue weighted by Gasteiger charge is -2.46. The molecular weight excluding hydrogens is 353 g/mol. The molecule has 0 saturated carbocycles. The highest BCUT2D eigenvalue weighted by molar-refractivity contribution is 5.93. The molecule has 4 rings (SSSR count). The monoisotopic (exact) mass is 377 g/mol. The molecule has 0 radical (unpaired) electrons. The van der Waals surface area contributed by atoms with Crippen molar-refractivity contribution >= 4 is 12.0 Å². The molecule has 27 heavy (non-hydrogen) atoms. The van der Waals surface area contributed by atoms with Gasteiger partial charge in [0.2, 0.25) is 0 Å². The zero-order valence-corrected chi connectivity index (χ0v) is 15.6. The molecule has 1 aromatic rings. The van der Waals surface area contributed by atoms with Crippen LogP contribution in [-0.2, 0) is 4.74 Å². The highest BCUT2D eigenvalue weighted by Crippen LogP contribution is 2.46. The van der Waals surface area contributed by atoms with Gasteiger partial charge in [0.15, 0.2) is 0 Å². The summed E-state index contributed by atoms with van der Waals surface area (Å²) in [6.45, 7) is 5.91. The Morgan fingerprint density at radius 1 is 1.26 bits per heavy atom. The Morgan fingerprint density at radius 2 is 1.96 bits per heavy atom. The number of aromatic nitrogens is 1. The molecule has 1 aromatic heterocycles. The molecule has 4 heterocycles. The summed E-state index contributed by atoms with van der Waals surface area (Å²) >= 11 is 0. The van der Waals surface area contributed by atoms with Gasteiger partial charge in [0.05, 0.1) is 30.4 Å². The lowest BCUT2D eigenvalue weighted by atomic mass is 9.86. The molecule has 0 spiro atoms. The maximum Gasteiger partial charge on any atom is 0.410 e. The van der Waals surface area contributed by atoms with Crippen LogP contribution in [-0.4, -0.2) is 68.3 Å². The molecule has 3 aliphatic rings. The fourth-order valence-corrected chi connectivity index (χ4v) is 4.71. The van der Waals surface area contributed by atoms with Gasteiger partial charge in [-0.15, -0.1) is 0 Å². The first-order valence-corrected chi connectivity index (χ1v) is 9.27. The van der Waals surface area contributed by atoms with E-state index in [1.807, 2.05) is 0 Å². The largest absolute Gasteiger partial charge is 0.444 e. The summed E-state index contributed by atoms with van der Waals surface area (Å²) in [5.41, 5.74) is -0.497. The van der Waals surface area contributed by atoms with Gasteiger partial charge in [-0.05, 0) is 51.7 Å². The van der Waals surface area contributed by atoms with Gasteiger partial charge in [-0.25, -0.2) is 14.2 Å². The van der Waals surface area contributed by atoms with Crippen LogP contribution in [0.2, 0.25) is 0 Å². The van der Waals surface area contributed by atoms with E-state index in [2.05, 4.69) is 4.98 Å². The topological polar surface area (TPSA) is 83.0 Å². The van der Waals surface area contributed by atoms with Crippen molar-refractivity contribution in [2.24, 2.45) is 5.92 Å². The van der Waals surface area contributed by atoms with Crippen LogP contribution >= 0.6 is 0 Å². The van der Waals surface area contributed by atoms with Crippen molar-refractivity contribution in [1.29, 1.82) is 0 Å². The number of halogens is 1. The summed E-state index contributed by atoms with van der Waals surface area (Å²) in [6, 6.07) is 1.41. The number of pyridine rings is 1. The Labute approximate surface area is 157 Å². The predicted octanol–water partition coefficient (Wildman–Crippen LogP) is 1.80. The second-order valence-corrected chi connectivity index (χ2v) is 8.66. The molecule has 0 aromatic carbocycles. The normalized spacial score (nSPS) is 32.0. The molecule has 3 saturated heterocycles. The van der Waals surface area contributed by atoms with Gasteiger partial charge in [-0.1, -0.05) is 0 Å². The van der Waals surface area contributed by atoms with Crippen LogP contribution in [0.15, 0.2) is 18.3 Å². The number of nitrogens with zero attached hydrogens (tertiary/aromatic N) is 3. The van der Waals surface area contributed by atoms with Crippen LogP contribution in [0.4, 0.5) is 9.18 Å². The number of carbonyl (C=O) groups is 2. The second kappa shape index (κ2) is 6.15. The van der Waals surface area contributed by atoms with E-state index < -0.39 is 29.7 Å². The number of fused-ring (bicyclic) bond motifs is 2. The summed E-state index contributed by atoms with van der Waals surface area (Å²) in [5.74, 6) is -0.653. The van der Waals surface area contributed by atoms with Crippen molar-refractivity contribution in [3.8, 4) is 0 Å². The molecule has 3 bridgehead atoms. The van der Waals surface area contributed by atoms with Crippen molar-refractivity contribution in [3.05, 3.63) is 29.8 Å². The van der Waals surface area contributed by atoms with Gasteiger partial charge in [0, 0.05) is 6.54 Å². The van der Waals surface area contributed by atoms with Gasteiger partial charge in [0.25, 0.3) is 5.91 Å². The van der Waals surface area contributed by atoms with E-state index in [0.29, 0.717) is 13.0 Å². The minimum Gasteiger partial charge on any atom is -0.444 e. The van der Waals surface area contributed by atoms with Crippen molar-refractivity contribution in [2.45, 2.75) is 63.4 Å². The van der Waals surface area contributed by atoms with Gasteiger partial charge in [-0.3, -0.25) is 9.69 Å². The molecule has 8 heteroatoms. The third kappa shape index (κ3) is 3.05. The van der Waals surface area contributed by atoms with Crippen molar-refractivity contribution in [2.75, 3.05) is 6.54 Å². The zero-order valence-electron chi connectivity index (χ0n) is 15.6. The van der Waals surface area contributed by atoms with Gasteiger partial charge in [0.1, 0.15) is 17.1 Å². The Hall–Kier alpha value is -2.22. The van der Waals surface area contributed by atoms with Crippen molar-refractivity contribution < 1.29 is 23.8 Å². The Morgan fingerprint density at radius 3 is 2.59 bits per heavy atom. The first-order chi connectivity index (χ1) is 12.7. The van der Waals surface area contributed by atoms with E-state index in [1.165, 1.54) is 12.1 Å². The van der Waals surface area contributed by atoms with E-state index in [0.717, 1.165) is 12.6 Å². The van der Waals surface area contributed by atoms with Crippen LogP contribution in [0.3, 0.4) is 0 Å². The summed E-state index contributed by atoms with van der Waals surface area (Å²) in [5, 5.41) is 10.9. The fourth-order valence-electron chi connectivity index (χ4n) is 4.71. The average Bonchev–Trinajstić information content (AvgIpc) is 2.69. The van der Waals surface area contributed by atoms with Crippen LogP contribution < -0.4 is 0 Å². The van der Waals surface area contributed by atoms with Crippen LogP contribution in [0.1, 0.15) is 44.1 Å². The number of likely N-dealkylation sites (tertiary alicyclic amines) is 1. The minimum atomic E-state index is -0.834. The zero-order chi connectivity index (χ0) is 19.5. The van der Waals surface area contributed by atoms with Crippen LogP contribution in [0, 0.1) is 11.7 Å². The number of rotatable bonds is 1. The smallest absolute Gasteiger partial charge is 0.410 e. The van der Waals surface area contributed by atoms with Gasteiger partial charge >= 0.3 is 6.09 Å². The van der Waals surface area contributed by atoms with E-state index in [4.69, 9.17) is 4.74 Å². The molecule has 0 unspecified atom stereocenters. The van der Waals surface area contributed by atoms with E-state index in [-0.39, 0.29) is 29.6 Å². The van der Waals surface area contributed by atoms with Gasteiger partial charge < -0.3 is 14.7 Å². The lowest BCUT2D eigenvalue weighted by Crippen LogP contribution is -2.59. The maximum atomic E-state index is 13.1. The average molecular weight is 377 g/mol. The molecule has 5 atom stereocenters. The Balaban J connectivity index is 1.61. The van der Waals surface area contributed by atoms with Crippen LogP contribution in [0.5, 0.6) is 0 Å². The Kier molecular flexibility index (Phi) is 4.14. The quantitative estimate of drug-likeness (QED) is 0.807. The summed E-state index contributed by atoms with van der Waals surface area (Å²) in [4.78, 5) is 32.8. The second-order valence-electron chi connectivity index (χ2n) is 8.66. The number of hydrogen-bond donors (Lipinski definition) is 1. The first-order valence-electron chi connectivity index (χ1n) is 9.27. The first kappa shape index (κ1) is 18.2. The maximum absolute atomic E-state index is 13.1. The number of hydrogen-bond acceptors (Lipinski definition) is 5. The molecule has 1 N–H and O–H groups in total. The number of ether oxygens (including phenoxy) is 1. The standard InChI is InChI=1S/C19H24FN3O4/c1-19(2,3)27-18(26)23-13-6-10-7-14(23)16(24)15(13)22(9-10)17(25)12-5-4-11(20)8-21-12/h4-5,8,10,13-16,24H,6-7,9H2,1-3H3/t10-,13-,14+,15-,16+/m0/s1. The van der Waals surface area contributed by atoms with E-state index >= 15 is 0 Å². The fraction of sp³-hybridized carbons (Fsp3) is 0.632.